The molecule has 3 heterocycles. The standard InChI is InChI=1S/C21H37ClN4O2/c1-28-21(27)19-9-18-20(13-25(19)12-16-3-2-8-23-10-16)26(14-24-18)11-15-4-6-17(22)7-5-15/h15-20,23-24H,2-14H2,1H3. The van der Waals surface area contributed by atoms with Gasteiger partial charge in [-0.2, -0.15) is 0 Å². The molecular weight excluding hydrogens is 376 g/mol. The largest absolute Gasteiger partial charge is 0.468 e. The molecule has 6 nitrogen and oxygen atoms in total. The Labute approximate surface area is 174 Å². The van der Waals surface area contributed by atoms with E-state index in [0.717, 1.165) is 58.0 Å². The number of carbonyl (C=O) groups excluding carboxylic acids is 1. The molecule has 7 heteroatoms. The van der Waals surface area contributed by atoms with Crippen LogP contribution in [0.2, 0.25) is 0 Å². The fourth-order valence-corrected chi connectivity index (χ4v) is 6.07. The summed E-state index contributed by atoms with van der Waals surface area (Å²) in [5.74, 6) is 1.34. The van der Waals surface area contributed by atoms with Gasteiger partial charge in [-0.3, -0.25) is 19.9 Å². The smallest absolute Gasteiger partial charge is 0.323 e. The maximum absolute atomic E-state index is 12.5. The number of hydrogen-bond donors (Lipinski definition) is 2. The number of nitrogens with zero attached hydrogens (tertiary/aromatic N) is 2. The van der Waals surface area contributed by atoms with Crippen molar-refractivity contribution in [3.63, 3.8) is 0 Å². The molecule has 0 bridgehead atoms. The molecule has 0 aromatic rings. The van der Waals surface area contributed by atoms with Crippen LogP contribution in [0.15, 0.2) is 0 Å². The molecule has 0 amide bonds. The van der Waals surface area contributed by atoms with Crippen LogP contribution >= 0.6 is 11.6 Å². The molecule has 2 N–H and O–H groups in total. The molecule has 28 heavy (non-hydrogen) atoms. The van der Waals surface area contributed by atoms with Gasteiger partial charge in [0.25, 0.3) is 0 Å². The summed E-state index contributed by atoms with van der Waals surface area (Å²) < 4.78 is 5.17. The number of nitrogens with one attached hydrogen (secondary N) is 2. The Bertz CT molecular complexity index is 523. The van der Waals surface area contributed by atoms with E-state index in [4.69, 9.17) is 16.3 Å². The summed E-state index contributed by atoms with van der Waals surface area (Å²) in [4.78, 5) is 17.6. The number of hydrogen-bond acceptors (Lipinski definition) is 6. The summed E-state index contributed by atoms with van der Waals surface area (Å²) in [5, 5.41) is 7.60. The number of carbonyl (C=O) groups is 1. The summed E-state index contributed by atoms with van der Waals surface area (Å²) in [6, 6.07) is 0.799. The lowest BCUT2D eigenvalue weighted by atomic mass is 9.87. The Morgan fingerprint density at radius 1 is 1.11 bits per heavy atom. The summed E-state index contributed by atoms with van der Waals surface area (Å²) in [5.41, 5.74) is 0. The first-order chi connectivity index (χ1) is 13.6. The van der Waals surface area contributed by atoms with Crippen LogP contribution in [0.25, 0.3) is 0 Å². The zero-order chi connectivity index (χ0) is 19.5. The van der Waals surface area contributed by atoms with E-state index in [1.165, 1.54) is 39.3 Å². The van der Waals surface area contributed by atoms with E-state index in [-0.39, 0.29) is 12.0 Å². The van der Waals surface area contributed by atoms with Crippen molar-refractivity contribution < 1.29 is 9.53 Å². The van der Waals surface area contributed by atoms with Gasteiger partial charge in [-0.1, -0.05) is 0 Å². The van der Waals surface area contributed by atoms with Crippen LogP contribution in [-0.4, -0.2) is 85.8 Å². The molecular formula is C21H37ClN4O2. The van der Waals surface area contributed by atoms with Crippen LogP contribution in [0.1, 0.15) is 44.9 Å². The number of likely N-dealkylation sites (tertiary alicyclic amines) is 1. The molecule has 4 rings (SSSR count). The summed E-state index contributed by atoms with van der Waals surface area (Å²) >= 11 is 6.30. The van der Waals surface area contributed by atoms with E-state index in [0.29, 0.717) is 23.4 Å². The maximum atomic E-state index is 12.5. The van der Waals surface area contributed by atoms with Crippen LogP contribution < -0.4 is 10.6 Å². The number of ether oxygens (including phenoxy) is 1. The lowest BCUT2D eigenvalue weighted by molar-refractivity contribution is -0.149. The number of halogens is 1. The van der Waals surface area contributed by atoms with E-state index in [1.54, 1.807) is 0 Å². The van der Waals surface area contributed by atoms with Gasteiger partial charge in [-0.15, -0.1) is 11.6 Å². The van der Waals surface area contributed by atoms with Crippen LogP contribution in [-0.2, 0) is 9.53 Å². The number of alkyl halides is 1. The topological polar surface area (TPSA) is 56.8 Å². The minimum atomic E-state index is -0.104. The minimum Gasteiger partial charge on any atom is -0.468 e. The van der Waals surface area contributed by atoms with Crippen molar-refractivity contribution in [2.75, 3.05) is 46.5 Å². The Balaban J connectivity index is 1.39. The fourth-order valence-electron chi connectivity index (χ4n) is 5.81. The molecule has 0 aromatic heterocycles. The van der Waals surface area contributed by atoms with Gasteiger partial charge in [-0.05, 0) is 69.9 Å². The summed E-state index contributed by atoms with van der Waals surface area (Å²) in [6.07, 6.45) is 8.19. The van der Waals surface area contributed by atoms with Gasteiger partial charge in [-0.25, -0.2) is 0 Å². The Morgan fingerprint density at radius 2 is 1.89 bits per heavy atom. The predicted octanol–water partition coefficient (Wildman–Crippen LogP) is 1.63. The fraction of sp³-hybridized carbons (Fsp3) is 0.952. The van der Waals surface area contributed by atoms with E-state index < -0.39 is 0 Å². The molecule has 3 saturated heterocycles. The summed E-state index contributed by atoms with van der Waals surface area (Å²) in [6.45, 7) is 6.29. The van der Waals surface area contributed by atoms with Crippen molar-refractivity contribution in [3.05, 3.63) is 0 Å². The van der Waals surface area contributed by atoms with Crippen LogP contribution in [0.4, 0.5) is 0 Å². The number of rotatable bonds is 5. The van der Waals surface area contributed by atoms with Gasteiger partial charge in [0, 0.05) is 43.8 Å². The average Bonchev–Trinajstić information content (AvgIpc) is 3.11. The van der Waals surface area contributed by atoms with Gasteiger partial charge >= 0.3 is 5.97 Å². The van der Waals surface area contributed by atoms with Crippen molar-refractivity contribution in [3.8, 4) is 0 Å². The molecule has 4 aliphatic rings. The third-order valence-corrected chi connectivity index (χ3v) is 7.90. The van der Waals surface area contributed by atoms with Crippen LogP contribution in [0, 0.1) is 11.8 Å². The van der Waals surface area contributed by atoms with Crippen molar-refractivity contribution in [2.24, 2.45) is 11.8 Å². The number of fused-ring (bicyclic) bond motifs is 1. The SMILES string of the molecule is COC(=O)C1CC2NCN(CC3CCC(Cl)CC3)C2CN1CC1CCCNC1. The molecule has 0 radical (unpaired) electrons. The third-order valence-electron chi connectivity index (χ3n) is 7.46. The molecule has 160 valence electrons. The van der Waals surface area contributed by atoms with Gasteiger partial charge in [0.1, 0.15) is 6.04 Å². The predicted molar refractivity (Wildman–Crippen MR) is 111 cm³/mol. The first-order valence-electron chi connectivity index (χ1n) is 11.3. The second-order valence-corrected chi connectivity index (χ2v) is 9.98. The number of esters is 1. The van der Waals surface area contributed by atoms with Gasteiger partial charge in [0.05, 0.1) is 7.11 Å². The highest BCUT2D eigenvalue weighted by atomic mass is 35.5. The third kappa shape index (κ3) is 4.84. The zero-order valence-corrected chi connectivity index (χ0v) is 18.0. The molecule has 1 saturated carbocycles. The first-order valence-corrected chi connectivity index (χ1v) is 11.7. The first kappa shape index (κ1) is 20.9. The molecule has 1 aliphatic carbocycles. The Hall–Kier alpha value is -0.400. The highest BCUT2D eigenvalue weighted by Crippen LogP contribution is 2.32. The molecule has 4 fully saturated rings. The van der Waals surface area contributed by atoms with Gasteiger partial charge in [0.2, 0.25) is 0 Å². The normalized spacial score (nSPS) is 40.2. The van der Waals surface area contributed by atoms with Crippen molar-refractivity contribution >= 4 is 17.6 Å². The monoisotopic (exact) mass is 412 g/mol. The second kappa shape index (κ2) is 9.61. The Kier molecular flexibility index (Phi) is 7.16. The number of piperidine rings is 2. The van der Waals surface area contributed by atoms with Crippen LogP contribution in [0.3, 0.4) is 0 Å². The highest BCUT2D eigenvalue weighted by Gasteiger charge is 2.45. The number of methoxy groups -OCH3 is 1. The molecule has 4 unspecified atom stereocenters. The Morgan fingerprint density at radius 3 is 2.61 bits per heavy atom. The molecule has 0 spiro atoms. The van der Waals surface area contributed by atoms with Crippen LogP contribution in [0.5, 0.6) is 0 Å². The van der Waals surface area contributed by atoms with E-state index in [1.807, 2.05) is 0 Å². The minimum absolute atomic E-state index is 0.0668. The zero-order valence-electron chi connectivity index (χ0n) is 17.2. The molecule has 0 aromatic carbocycles. The molecule has 4 atom stereocenters. The quantitative estimate of drug-likeness (QED) is 0.528. The molecule has 3 aliphatic heterocycles. The summed E-state index contributed by atoms with van der Waals surface area (Å²) in [7, 11) is 1.52. The maximum Gasteiger partial charge on any atom is 0.323 e. The van der Waals surface area contributed by atoms with E-state index in [2.05, 4.69) is 20.4 Å². The highest BCUT2D eigenvalue weighted by molar-refractivity contribution is 6.20. The van der Waals surface area contributed by atoms with E-state index >= 15 is 0 Å². The average molecular weight is 413 g/mol. The van der Waals surface area contributed by atoms with Crippen molar-refractivity contribution in [2.45, 2.75) is 68.4 Å². The van der Waals surface area contributed by atoms with Crippen molar-refractivity contribution in [1.29, 1.82) is 0 Å². The second-order valence-electron chi connectivity index (χ2n) is 9.37. The van der Waals surface area contributed by atoms with Gasteiger partial charge in [0.15, 0.2) is 0 Å². The van der Waals surface area contributed by atoms with E-state index in [9.17, 15) is 4.79 Å². The van der Waals surface area contributed by atoms with Gasteiger partial charge < -0.3 is 10.1 Å². The van der Waals surface area contributed by atoms with Crippen molar-refractivity contribution in [1.82, 2.24) is 20.4 Å². The lowest BCUT2D eigenvalue weighted by Crippen LogP contribution is -2.60. The lowest BCUT2D eigenvalue weighted by Gasteiger charge is -2.44.